The van der Waals surface area contributed by atoms with Crippen LogP contribution in [-0.4, -0.2) is 46.7 Å². The van der Waals surface area contributed by atoms with Crippen molar-refractivity contribution in [3.8, 4) is 0 Å². The number of hydrogen-bond donors (Lipinski definition) is 1. The lowest BCUT2D eigenvalue weighted by Crippen LogP contribution is -2.39. The first-order chi connectivity index (χ1) is 12.2. The molecule has 140 valence electrons. The maximum atomic E-state index is 13.2. The van der Waals surface area contributed by atoms with E-state index in [0.717, 1.165) is 18.4 Å². The van der Waals surface area contributed by atoms with Gasteiger partial charge in [-0.3, -0.25) is 4.68 Å². The van der Waals surface area contributed by atoms with Crippen LogP contribution in [0, 0.1) is 13.8 Å². The molecule has 2 aromatic rings. The number of aromatic carboxylic acids is 1. The fraction of sp³-hybridized carbons (Fsp3) is 0.444. The third-order valence-corrected chi connectivity index (χ3v) is 7.15. The van der Waals surface area contributed by atoms with Gasteiger partial charge in [0.25, 0.3) is 0 Å². The Kier molecular flexibility index (Phi) is 4.90. The Hall–Kier alpha value is -2.19. The molecule has 7 nitrogen and oxygen atoms in total. The van der Waals surface area contributed by atoms with Crippen molar-refractivity contribution < 1.29 is 18.3 Å². The molecule has 26 heavy (non-hydrogen) atoms. The number of piperidine rings is 1. The summed E-state index contributed by atoms with van der Waals surface area (Å²) in [6.07, 6.45) is 1.57. The van der Waals surface area contributed by atoms with E-state index in [0.29, 0.717) is 24.5 Å². The minimum atomic E-state index is -3.64. The van der Waals surface area contributed by atoms with Gasteiger partial charge in [0.15, 0.2) is 0 Å². The monoisotopic (exact) mass is 377 g/mol. The Morgan fingerprint density at radius 1 is 1.31 bits per heavy atom. The first kappa shape index (κ1) is 18.6. The van der Waals surface area contributed by atoms with Gasteiger partial charge in [-0.15, -0.1) is 0 Å². The van der Waals surface area contributed by atoms with Gasteiger partial charge in [0.05, 0.1) is 17.0 Å². The zero-order valence-electron chi connectivity index (χ0n) is 15.1. The van der Waals surface area contributed by atoms with Gasteiger partial charge in [0.1, 0.15) is 4.90 Å². The first-order valence-electron chi connectivity index (χ1n) is 8.55. The summed E-state index contributed by atoms with van der Waals surface area (Å²) in [6, 6.07) is 6.77. The van der Waals surface area contributed by atoms with Crippen molar-refractivity contribution in [2.24, 2.45) is 7.05 Å². The maximum absolute atomic E-state index is 13.2. The number of hydrogen-bond acceptors (Lipinski definition) is 4. The molecule has 1 atom stereocenters. The van der Waals surface area contributed by atoms with Gasteiger partial charge in [0.2, 0.25) is 10.0 Å². The number of carboxylic acids is 1. The fourth-order valence-corrected chi connectivity index (χ4v) is 5.54. The molecule has 1 fully saturated rings. The van der Waals surface area contributed by atoms with Crippen LogP contribution in [0.1, 0.15) is 46.1 Å². The molecule has 1 aromatic carbocycles. The Balaban J connectivity index is 1.91. The average Bonchev–Trinajstić information content (AvgIpc) is 2.87. The summed E-state index contributed by atoms with van der Waals surface area (Å²) in [4.78, 5) is 11.5. The lowest BCUT2D eigenvalue weighted by Gasteiger charge is -2.32. The van der Waals surface area contributed by atoms with E-state index >= 15 is 0 Å². The molecular weight excluding hydrogens is 354 g/mol. The lowest BCUT2D eigenvalue weighted by molar-refractivity contribution is 0.0696. The van der Waals surface area contributed by atoms with Gasteiger partial charge in [-0.05, 0) is 50.3 Å². The van der Waals surface area contributed by atoms with E-state index in [2.05, 4.69) is 5.10 Å². The number of aromatic nitrogens is 2. The molecule has 1 saturated heterocycles. The molecule has 8 heteroatoms. The second kappa shape index (κ2) is 6.85. The van der Waals surface area contributed by atoms with Crippen LogP contribution in [-0.2, 0) is 17.1 Å². The molecule has 2 heterocycles. The second-order valence-corrected chi connectivity index (χ2v) is 8.63. The zero-order chi connectivity index (χ0) is 19.1. The van der Waals surface area contributed by atoms with Gasteiger partial charge < -0.3 is 5.11 Å². The molecule has 0 spiro atoms. The van der Waals surface area contributed by atoms with Crippen LogP contribution in [0.3, 0.4) is 0 Å². The van der Waals surface area contributed by atoms with Crippen LogP contribution in [0.2, 0.25) is 0 Å². The van der Waals surface area contributed by atoms with Crippen LogP contribution in [0.4, 0.5) is 0 Å². The Labute approximate surface area is 153 Å². The van der Waals surface area contributed by atoms with Gasteiger partial charge in [-0.25, -0.2) is 13.2 Å². The maximum Gasteiger partial charge on any atom is 0.335 e. The highest BCUT2D eigenvalue weighted by Crippen LogP contribution is 2.32. The minimum absolute atomic E-state index is 0.0184. The van der Waals surface area contributed by atoms with Crippen molar-refractivity contribution in [2.45, 2.75) is 37.5 Å². The molecule has 1 aliphatic heterocycles. The third kappa shape index (κ3) is 3.26. The molecular formula is C18H23N3O4S. The number of aryl methyl sites for hydroxylation is 2. The number of carbonyl (C=O) groups is 1. The van der Waals surface area contributed by atoms with Crippen LogP contribution in [0.25, 0.3) is 0 Å². The average molecular weight is 377 g/mol. The lowest BCUT2D eigenvalue weighted by atomic mass is 9.91. The Morgan fingerprint density at radius 3 is 2.65 bits per heavy atom. The summed E-state index contributed by atoms with van der Waals surface area (Å²) in [5.74, 6) is -0.996. The topological polar surface area (TPSA) is 92.5 Å². The number of sulfonamides is 1. The van der Waals surface area contributed by atoms with Crippen molar-refractivity contribution in [1.29, 1.82) is 0 Å². The third-order valence-electron chi connectivity index (χ3n) is 5.03. The molecule has 0 saturated carbocycles. The highest BCUT2D eigenvalue weighted by Gasteiger charge is 2.34. The number of rotatable bonds is 4. The normalized spacial score (nSPS) is 18.8. The molecule has 0 aliphatic carbocycles. The minimum Gasteiger partial charge on any atom is -0.478 e. The fourth-order valence-electron chi connectivity index (χ4n) is 3.62. The van der Waals surface area contributed by atoms with E-state index in [9.17, 15) is 18.3 Å². The van der Waals surface area contributed by atoms with Gasteiger partial charge in [-0.2, -0.15) is 9.40 Å². The molecule has 1 N–H and O–H groups in total. The van der Waals surface area contributed by atoms with Crippen LogP contribution in [0.15, 0.2) is 29.2 Å². The molecule has 1 aliphatic rings. The standard InChI is InChI=1S/C18H23N3O4S/c1-12-17(13(2)20(3)19-12)26(24,25)21-9-5-8-16(11-21)14-6-4-7-15(10-14)18(22)23/h4,6-7,10,16H,5,8-9,11H2,1-3H3,(H,22,23). The van der Waals surface area contributed by atoms with E-state index in [1.165, 1.54) is 4.31 Å². The van der Waals surface area contributed by atoms with Crippen LogP contribution < -0.4 is 0 Å². The number of benzene rings is 1. The summed E-state index contributed by atoms with van der Waals surface area (Å²) in [6.45, 7) is 4.27. The van der Waals surface area contributed by atoms with Crippen molar-refractivity contribution >= 4 is 16.0 Å². The Morgan fingerprint density at radius 2 is 2.04 bits per heavy atom. The van der Waals surface area contributed by atoms with Crippen molar-refractivity contribution in [2.75, 3.05) is 13.1 Å². The summed E-state index contributed by atoms with van der Waals surface area (Å²) in [7, 11) is -1.90. The first-order valence-corrected chi connectivity index (χ1v) is 9.99. The number of carboxylic acid groups (broad SMARTS) is 1. The predicted molar refractivity (Wildman–Crippen MR) is 96.8 cm³/mol. The van der Waals surface area contributed by atoms with Crippen LogP contribution >= 0.6 is 0 Å². The summed E-state index contributed by atoms with van der Waals surface area (Å²) in [5.41, 5.74) is 2.21. The van der Waals surface area contributed by atoms with E-state index < -0.39 is 16.0 Å². The highest BCUT2D eigenvalue weighted by molar-refractivity contribution is 7.89. The molecule has 3 rings (SSSR count). The van der Waals surface area contributed by atoms with E-state index in [-0.39, 0.29) is 16.4 Å². The van der Waals surface area contributed by atoms with Crippen molar-refractivity contribution in [1.82, 2.24) is 14.1 Å². The summed E-state index contributed by atoms with van der Waals surface area (Å²) in [5, 5.41) is 13.4. The molecule has 0 amide bonds. The van der Waals surface area contributed by atoms with E-state index in [4.69, 9.17) is 0 Å². The predicted octanol–water partition coefficient (Wildman–Crippen LogP) is 2.30. The summed E-state index contributed by atoms with van der Waals surface area (Å²) >= 11 is 0. The Bertz CT molecular complexity index is 949. The van der Waals surface area contributed by atoms with Crippen molar-refractivity contribution in [3.05, 3.63) is 46.8 Å². The van der Waals surface area contributed by atoms with Gasteiger partial charge >= 0.3 is 5.97 Å². The largest absolute Gasteiger partial charge is 0.478 e. The molecule has 0 radical (unpaired) electrons. The molecule has 1 aromatic heterocycles. The summed E-state index contributed by atoms with van der Waals surface area (Å²) < 4.78 is 29.4. The van der Waals surface area contributed by atoms with Crippen molar-refractivity contribution in [3.63, 3.8) is 0 Å². The van der Waals surface area contributed by atoms with E-state index in [1.807, 2.05) is 6.07 Å². The quantitative estimate of drug-likeness (QED) is 0.883. The number of nitrogens with zero attached hydrogens (tertiary/aromatic N) is 3. The highest BCUT2D eigenvalue weighted by atomic mass is 32.2. The molecule has 0 bridgehead atoms. The van der Waals surface area contributed by atoms with E-state index in [1.54, 1.807) is 43.8 Å². The van der Waals surface area contributed by atoms with Gasteiger partial charge in [0, 0.05) is 20.1 Å². The smallest absolute Gasteiger partial charge is 0.335 e. The zero-order valence-corrected chi connectivity index (χ0v) is 16.0. The van der Waals surface area contributed by atoms with Gasteiger partial charge in [-0.1, -0.05) is 12.1 Å². The molecule has 1 unspecified atom stereocenters. The second-order valence-electron chi connectivity index (χ2n) is 6.76. The van der Waals surface area contributed by atoms with Crippen LogP contribution in [0.5, 0.6) is 0 Å². The SMILES string of the molecule is Cc1nn(C)c(C)c1S(=O)(=O)N1CCCC(c2cccc(C(=O)O)c2)C1.